The molecule has 0 N–H and O–H groups in total. The van der Waals surface area contributed by atoms with Crippen LogP contribution < -0.4 is 0 Å². The Morgan fingerprint density at radius 1 is 1.88 bits per heavy atom. The zero-order chi connectivity index (χ0) is 6.41. The standard InChI is InChI=1S/C4H7N3O/c1-2-3-4(8)6-7-5/h2-3H2,1H3. The molecule has 0 aromatic rings. The quantitative estimate of drug-likeness (QED) is 0.305. The van der Waals surface area contributed by atoms with Crippen LogP contribution in [0.25, 0.3) is 10.4 Å². The average molecular weight is 113 g/mol. The van der Waals surface area contributed by atoms with Gasteiger partial charge in [-0.1, -0.05) is 6.92 Å². The predicted octanol–water partition coefficient (Wildman–Crippen LogP) is 1.62. The van der Waals surface area contributed by atoms with E-state index in [9.17, 15) is 4.79 Å². The van der Waals surface area contributed by atoms with E-state index < -0.39 is 0 Å². The molecule has 44 valence electrons. The normalized spacial score (nSPS) is 7.62. The van der Waals surface area contributed by atoms with Crippen molar-refractivity contribution in [3.05, 3.63) is 10.4 Å². The lowest BCUT2D eigenvalue weighted by atomic mass is 10.3. The molecule has 0 aromatic heterocycles. The van der Waals surface area contributed by atoms with Crippen molar-refractivity contribution in [1.82, 2.24) is 0 Å². The monoisotopic (exact) mass is 113 g/mol. The van der Waals surface area contributed by atoms with Crippen LogP contribution in [0.3, 0.4) is 0 Å². The zero-order valence-electron chi connectivity index (χ0n) is 4.66. The minimum atomic E-state index is -0.380. The highest BCUT2D eigenvalue weighted by molar-refractivity contribution is 5.76. The molecule has 0 saturated heterocycles. The van der Waals surface area contributed by atoms with Crippen molar-refractivity contribution in [2.45, 2.75) is 19.8 Å². The summed E-state index contributed by atoms with van der Waals surface area (Å²) in [6.45, 7) is 1.85. The third kappa shape index (κ3) is 3.18. The van der Waals surface area contributed by atoms with Crippen LogP contribution in [-0.2, 0) is 4.79 Å². The first-order valence-electron chi connectivity index (χ1n) is 2.39. The van der Waals surface area contributed by atoms with Gasteiger partial charge in [-0.15, -0.1) is 0 Å². The first kappa shape index (κ1) is 6.98. The molecule has 8 heavy (non-hydrogen) atoms. The van der Waals surface area contributed by atoms with Gasteiger partial charge in [-0.25, -0.2) is 0 Å². The van der Waals surface area contributed by atoms with Crippen molar-refractivity contribution >= 4 is 5.91 Å². The molecule has 0 heterocycles. The minimum Gasteiger partial charge on any atom is -0.293 e. The summed E-state index contributed by atoms with van der Waals surface area (Å²) in [7, 11) is 0. The molecule has 0 aromatic carbocycles. The van der Waals surface area contributed by atoms with Crippen LogP contribution in [0.4, 0.5) is 0 Å². The molecule has 0 radical (unpaired) electrons. The van der Waals surface area contributed by atoms with E-state index in [1.165, 1.54) is 0 Å². The number of hydrogen-bond acceptors (Lipinski definition) is 1. The van der Waals surface area contributed by atoms with Gasteiger partial charge in [0.25, 0.3) is 0 Å². The van der Waals surface area contributed by atoms with Crippen LogP contribution in [0.2, 0.25) is 0 Å². The Labute approximate surface area is 47.1 Å². The molecule has 4 heteroatoms. The van der Waals surface area contributed by atoms with Gasteiger partial charge >= 0.3 is 0 Å². The third-order valence-corrected chi connectivity index (χ3v) is 0.620. The van der Waals surface area contributed by atoms with E-state index in [1.807, 2.05) is 6.92 Å². The molecule has 1 amide bonds. The maximum absolute atomic E-state index is 10.2. The number of hydrogen-bond donors (Lipinski definition) is 0. The largest absolute Gasteiger partial charge is 0.293 e. The van der Waals surface area contributed by atoms with Gasteiger partial charge in [-0.05, 0) is 17.1 Å². The van der Waals surface area contributed by atoms with Crippen molar-refractivity contribution in [2.75, 3.05) is 0 Å². The van der Waals surface area contributed by atoms with Crippen molar-refractivity contribution in [3.63, 3.8) is 0 Å². The Morgan fingerprint density at radius 3 is 2.88 bits per heavy atom. The van der Waals surface area contributed by atoms with Crippen LogP contribution >= 0.6 is 0 Å². The van der Waals surface area contributed by atoms with Crippen LogP contribution in [0, 0.1) is 0 Å². The topological polar surface area (TPSA) is 65.8 Å². The molecule has 0 aliphatic carbocycles. The van der Waals surface area contributed by atoms with Gasteiger partial charge < -0.3 is 0 Å². The van der Waals surface area contributed by atoms with E-state index in [1.54, 1.807) is 0 Å². The predicted molar refractivity (Wildman–Crippen MR) is 29.1 cm³/mol. The van der Waals surface area contributed by atoms with Gasteiger partial charge in [0.1, 0.15) is 0 Å². The SMILES string of the molecule is CCCC(=O)N=[N+]=[N-]. The molecule has 0 aliphatic heterocycles. The maximum atomic E-state index is 10.2. The van der Waals surface area contributed by atoms with Crippen LogP contribution in [0.1, 0.15) is 19.8 Å². The zero-order valence-corrected chi connectivity index (χ0v) is 4.66. The smallest absolute Gasteiger partial charge is 0.218 e. The van der Waals surface area contributed by atoms with Crippen LogP contribution in [0.15, 0.2) is 5.11 Å². The maximum Gasteiger partial charge on any atom is 0.218 e. The highest BCUT2D eigenvalue weighted by Crippen LogP contribution is 1.88. The molecule has 0 saturated carbocycles. The van der Waals surface area contributed by atoms with Crippen molar-refractivity contribution in [2.24, 2.45) is 5.11 Å². The van der Waals surface area contributed by atoms with Crippen molar-refractivity contribution in [1.29, 1.82) is 0 Å². The van der Waals surface area contributed by atoms with Crippen LogP contribution in [-0.4, -0.2) is 5.91 Å². The van der Waals surface area contributed by atoms with E-state index in [2.05, 4.69) is 10.0 Å². The third-order valence-electron chi connectivity index (χ3n) is 0.620. The van der Waals surface area contributed by atoms with Gasteiger partial charge in [-0.2, -0.15) is 0 Å². The molecule has 0 fully saturated rings. The number of nitrogens with zero attached hydrogens (tertiary/aromatic N) is 3. The van der Waals surface area contributed by atoms with Gasteiger partial charge in [0, 0.05) is 11.3 Å². The molecular formula is C4H7N3O. The molecule has 0 unspecified atom stereocenters. The first-order valence-corrected chi connectivity index (χ1v) is 2.39. The van der Waals surface area contributed by atoms with Gasteiger partial charge in [0.2, 0.25) is 5.91 Å². The summed E-state index contributed by atoms with van der Waals surface area (Å²) in [5.74, 6) is -0.380. The molecule has 0 rings (SSSR count). The summed E-state index contributed by atoms with van der Waals surface area (Å²) in [6, 6.07) is 0. The molecular weight excluding hydrogens is 106 g/mol. The summed E-state index contributed by atoms with van der Waals surface area (Å²) in [5.41, 5.74) is 7.70. The second-order valence-electron chi connectivity index (χ2n) is 1.33. The first-order chi connectivity index (χ1) is 3.81. The summed E-state index contributed by atoms with van der Waals surface area (Å²) in [5, 5.41) is 2.86. The number of azide groups is 1. The Bertz CT molecular complexity index is 125. The Balaban J connectivity index is 3.49. The molecule has 0 atom stereocenters. The fourth-order valence-corrected chi connectivity index (χ4v) is 0.314. The molecule has 4 nitrogen and oxygen atoms in total. The minimum absolute atomic E-state index is 0.351. The molecule has 0 spiro atoms. The average Bonchev–Trinajstić information content (AvgIpc) is 1.68. The fourth-order valence-electron chi connectivity index (χ4n) is 0.314. The Hall–Kier alpha value is -1.02. The van der Waals surface area contributed by atoms with Crippen molar-refractivity contribution < 1.29 is 4.79 Å². The Morgan fingerprint density at radius 2 is 2.50 bits per heavy atom. The number of carbonyl (C=O) groups is 1. The fraction of sp³-hybridized carbons (Fsp3) is 0.750. The van der Waals surface area contributed by atoms with Crippen LogP contribution in [0.5, 0.6) is 0 Å². The lowest BCUT2D eigenvalue weighted by Gasteiger charge is -1.81. The lowest BCUT2D eigenvalue weighted by Crippen LogP contribution is -1.87. The van der Waals surface area contributed by atoms with E-state index in [-0.39, 0.29) is 5.91 Å². The number of amides is 1. The highest BCUT2D eigenvalue weighted by atomic mass is 16.1. The van der Waals surface area contributed by atoms with E-state index in [0.717, 1.165) is 6.42 Å². The van der Waals surface area contributed by atoms with E-state index in [0.29, 0.717) is 6.42 Å². The second-order valence-corrected chi connectivity index (χ2v) is 1.33. The van der Waals surface area contributed by atoms with Crippen molar-refractivity contribution in [3.8, 4) is 0 Å². The summed E-state index contributed by atoms with van der Waals surface area (Å²) in [4.78, 5) is 12.6. The second kappa shape index (κ2) is 4.15. The van der Waals surface area contributed by atoms with Gasteiger partial charge in [0.05, 0.1) is 0 Å². The van der Waals surface area contributed by atoms with E-state index >= 15 is 0 Å². The van der Waals surface area contributed by atoms with Gasteiger partial charge in [0.15, 0.2) is 0 Å². The number of carbonyl (C=O) groups excluding carboxylic acids is 1. The lowest BCUT2D eigenvalue weighted by molar-refractivity contribution is -0.117. The summed E-state index contributed by atoms with van der Waals surface area (Å²) < 4.78 is 0. The van der Waals surface area contributed by atoms with E-state index in [4.69, 9.17) is 5.53 Å². The number of rotatable bonds is 2. The van der Waals surface area contributed by atoms with Gasteiger partial charge in [-0.3, -0.25) is 4.79 Å². The molecule has 0 bridgehead atoms. The highest BCUT2D eigenvalue weighted by Gasteiger charge is 1.90. The Kier molecular flexibility index (Phi) is 3.62. The summed E-state index contributed by atoms with van der Waals surface area (Å²) in [6.07, 6.45) is 1.09. The summed E-state index contributed by atoms with van der Waals surface area (Å²) >= 11 is 0. The molecule has 0 aliphatic rings.